The number of rotatable bonds is 4. The number of anilines is 1. The predicted octanol–water partition coefficient (Wildman–Crippen LogP) is 4.38. The molecule has 0 unspecified atom stereocenters. The van der Waals surface area contributed by atoms with Gasteiger partial charge in [-0.1, -0.05) is 48.0 Å². The molecule has 28 heavy (non-hydrogen) atoms. The van der Waals surface area contributed by atoms with Crippen molar-refractivity contribution >= 4 is 33.1 Å². The molecule has 1 N–H and O–H groups in total. The fourth-order valence-electron chi connectivity index (χ4n) is 3.10. The maximum absolute atomic E-state index is 12.8. The van der Waals surface area contributed by atoms with Crippen molar-refractivity contribution in [3.8, 4) is 10.4 Å². The second kappa shape index (κ2) is 7.40. The van der Waals surface area contributed by atoms with Gasteiger partial charge in [0.15, 0.2) is 0 Å². The van der Waals surface area contributed by atoms with Gasteiger partial charge in [-0.3, -0.25) is 14.2 Å². The molecule has 0 bridgehead atoms. The maximum atomic E-state index is 12.8. The minimum absolute atomic E-state index is 0.0757. The van der Waals surface area contributed by atoms with Crippen molar-refractivity contribution in [2.75, 3.05) is 5.32 Å². The second-order valence-electron chi connectivity index (χ2n) is 6.74. The van der Waals surface area contributed by atoms with E-state index >= 15 is 0 Å². The molecular formula is C22H19N3O2S. The number of benzene rings is 2. The summed E-state index contributed by atoms with van der Waals surface area (Å²) in [6.07, 6.45) is 1.44. The van der Waals surface area contributed by atoms with Gasteiger partial charge in [0.1, 0.15) is 11.2 Å². The van der Waals surface area contributed by atoms with Crippen molar-refractivity contribution in [3.63, 3.8) is 0 Å². The van der Waals surface area contributed by atoms with Crippen LogP contribution in [0.3, 0.4) is 0 Å². The molecule has 2 aromatic carbocycles. The molecule has 0 fully saturated rings. The summed E-state index contributed by atoms with van der Waals surface area (Å²) in [4.78, 5) is 30.6. The smallest absolute Gasteiger partial charge is 0.271 e. The number of thiophene rings is 1. The van der Waals surface area contributed by atoms with Crippen LogP contribution in [0.25, 0.3) is 20.7 Å². The Balaban J connectivity index is 1.59. The van der Waals surface area contributed by atoms with Gasteiger partial charge in [0.2, 0.25) is 5.91 Å². The highest BCUT2D eigenvalue weighted by Gasteiger charge is 2.13. The molecule has 0 radical (unpaired) electrons. The van der Waals surface area contributed by atoms with Crippen molar-refractivity contribution in [2.45, 2.75) is 20.4 Å². The molecule has 2 heterocycles. The quantitative estimate of drug-likeness (QED) is 0.563. The summed E-state index contributed by atoms with van der Waals surface area (Å²) in [6.45, 7) is 3.87. The molecule has 4 rings (SSSR count). The summed E-state index contributed by atoms with van der Waals surface area (Å²) < 4.78 is 1.91. The van der Waals surface area contributed by atoms with E-state index < -0.39 is 0 Å². The van der Waals surface area contributed by atoms with Crippen LogP contribution in [0, 0.1) is 13.8 Å². The lowest BCUT2D eigenvalue weighted by Gasteiger charge is -2.10. The highest BCUT2D eigenvalue weighted by atomic mass is 32.1. The van der Waals surface area contributed by atoms with Gasteiger partial charge in [-0.2, -0.15) is 0 Å². The van der Waals surface area contributed by atoms with Crippen LogP contribution in [0.4, 0.5) is 5.69 Å². The zero-order valence-electron chi connectivity index (χ0n) is 15.6. The number of aromatic nitrogens is 2. The van der Waals surface area contributed by atoms with E-state index in [0.717, 1.165) is 27.3 Å². The van der Waals surface area contributed by atoms with Gasteiger partial charge < -0.3 is 5.32 Å². The first kappa shape index (κ1) is 18.1. The van der Waals surface area contributed by atoms with Crippen molar-refractivity contribution in [1.82, 2.24) is 9.55 Å². The average molecular weight is 389 g/mol. The van der Waals surface area contributed by atoms with Gasteiger partial charge in [0, 0.05) is 10.6 Å². The molecule has 0 atom stereocenters. The second-order valence-corrected chi connectivity index (χ2v) is 7.79. The van der Waals surface area contributed by atoms with Crippen LogP contribution in [0.15, 0.2) is 65.7 Å². The maximum Gasteiger partial charge on any atom is 0.271 e. The number of amides is 1. The Bertz CT molecular complexity index is 1230. The fourth-order valence-corrected chi connectivity index (χ4v) is 4.17. The van der Waals surface area contributed by atoms with E-state index in [1.807, 2.05) is 68.4 Å². The van der Waals surface area contributed by atoms with E-state index in [1.54, 1.807) is 0 Å². The summed E-state index contributed by atoms with van der Waals surface area (Å²) in [7, 11) is 0. The molecule has 4 aromatic rings. The topological polar surface area (TPSA) is 64.0 Å². The van der Waals surface area contributed by atoms with Crippen LogP contribution < -0.4 is 10.9 Å². The van der Waals surface area contributed by atoms with Crippen LogP contribution in [-0.2, 0) is 11.3 Å². The van der Waals surface area contributed by atoms with Crippen molar-refractivity contribution in [3.05, 3.63) is 82.4 Å². The molecule has 2 aromatic heterocycles. The van der Waals surface area contributed by atoms with Crippen molar-refractivity contribution in [1.29, 1.82) is 0 Å². The monoisotopic (exact) mass is 389 g/mol. The van der Waals surface area contributed by atoms with Crippen LogP contribution in [0.2, 0.25) is 0 Å². The lowest BCUT2D eigenvalue weighted by atomic mass is 10.1. The number of nitrogens with one attached hydrogen (secondary N) is 1. The molecule has 0 aliphatic rings. The third-order valence-electron chi connectivity index (χ3n) is 4.53. The Morgan fingerprint density at radius 1 is 1.11 bits per heavy atom. The third kappa shape index (κ3) is 3.59. The Morgan fingerprint density at radius 3 is 2.64 bits per heavy atom. The molecule has 1 amide bonds. The fraction of sp³-hybridized carbons (Fsp3) is 0.136. The molecule has 6 heteroatoms. The average Bonchev–Trinajstić information content (AvgIpc) is 3.12. The van der Waals surface area contributed by atoms with Gasteiger partial charge in [-0.15, -0.1) is 11.3 Å². The zero-order valence-corrected chi connectivity index (χ0v) is 16.4. The van der Waals surface area contributed by atoms with E-state index in [4.69, 9.17) is 0 Å². The van der Waals surface area contributed by atoms with Crippen molar-refractivity contribution in [2.24, 2.45) is 0 Å². The van der Waals surface area contributed by atoms with E-state index in [2.05, 4.69) is 10.3 Å². The summed E-state index contributed by atoms with van der Waals surface area (Å²) in [5, 5.41) is 2.87. The Morgan fingerprint density at radius 2 is 1.89 bits per heavy atom. The van der Waals surface area contributed by atoms with Crippen LogP contribution in [0.5, 0.6) is 0 Å². The van der Waals surface area contributed by atoms with E-state index in [0.29, 0.717) is 10.2 Å². The minimum atomic E-state index is -0.255. The Kier molecular flexibility index (Phi) is 4.79. The first-order chi connectivity index (χ1) is 13.5. The third-order valence-corrected chi connectivity index (χ3v) is 5.69. The standard InChI is InChI=1S/C22H19N3O2S/c1-14-8-9-17(15(2)10-14)24-20(26)12-25-13-23-18-11-19(28-21(18)22(25)27)16-6-4-3-5-7-16/h3-11,13H,12H2,1-2H3,(H,24,26). The number of hydrogen-bond acceptors (Lipinski definition) is 4. The minimum Gasteiger partial charge on any atom is -0.324 e. The van der Waals surface area contributed by atoms with E-state index in [-0.39, 0.29) is 18.0 Å². The number of nitrogens with zero attached hydrogens (tertiary/aromatic N) is 2. The summed E-state index contributed by atoms with van der Waals surface area (Å²) >= 11 is 1.40. The normalized spacial score (nSPS) is 10.9. The van der Waals surface area contributed by atoms with Crippen molar-refractivity contribution < 1.29 is 4.79 Å². The lowest BCUT2D eigenvalue weighted by Crippen LogP contribution is -2.27. The summed E-state index contributed by atoms with van der Waals surface area (Å²) in [5.41, 5.74) is 4.37. The zero-order chi connectivity index (χ0) is 19.7. The number of aryl methyl sites for hydroxylation is 2. The molecular weight excluding hydrogens is 370 g/mol. The van der Waals surface area contributed by atoms with Gasteiger partial charge >= 0.3 is 0 Å². The predicted molar refractivity (Wildman–Crippen MR) is 114 cm³/mol. The van der Waals surface area contributed by atoms with Gasteiger partial charge in [0.25, 0.3) is 5.56 Å². The van der Waals surface area contributed by atoms with Gasteiger partial charge in [-0.25, -0.2) is 4.98 Å². The molecule has 5 nitrogen and oxygen atoms in total. The molecule has 0 aliphatic heterocycles. The number of hydrogen-bond donors (Lipinski definition) is 1. The Labute approximate surface area is 166 Å². The number of carbonyl (C=O) groups is 1. The first-order valence-corrected chi connectivity index (χ1v) is 9.74. The lowest BCUT2D eigenvalue weighted by molar-refractivity contribution is -0.116. The Hall–Kier alpha value is -3.25. The first-order valence-electron chi connectivity index (χ1n) is 8.93. The highest BCUT2D eigenvalue weighted by Crippen LogP contribution is 2.30. The summed E-state index contributed by atoms with van der Waals surface area (Å²) in [5.74, 6) is -0.255. The van der Waals surface area contributed by atoms with Gasteiger partial charge in [0.05, 0.1) is 11.8 Å². The number of carbonyl (C=O) groups excluding carboxylic acids is 1. The number of fused-ring (bicyclic) bond motifs is 1. The molecule has 0 saturated heterocycles. The highest BCUT2D eigenvalue weighted by molar-refractivity contribution is 7.22. The molecule has 0 aliphatic carbocycles. The summed E-state index contributed by atoms with van der Waals surface area (Å²) in [6, 6.07) is 17.6. The van der Waals surface area contributed by atoms with E-state index in [1.165, 1.54) is 22.2 Å². The van der Waals surface area contributed by atoms with Gasteiger partial charge in [-0.05, 0) is 37.1 Å². The molecule has 0 saturated carbocycles. The van der Waals surface area contributed by atoms with Crippen LogP contribution in [0.1, 0.15) is 11.1 Å². The van der Waals surface area contributed by atoms with Crippen LogP contribution in [-0.4, -0.2) is 15.5 Å². The van der Waals surface area contributed by atoms with E-state index in [9.17, 15) is 9.59 Å². The molecule has 140 valence electrons. The van der Waals surface area contributed by atoms with Crippen LogP contribution >= 0.6 is 11.3 Å². The largest absolute Gasteiger partial charge is 0.324 e. The SMILES string of the molecule is Cc1ccc(NC(=O)Cn2cnc3cc(-c4ccccc4)sc3c2=O)c(C)c1. The molecule has 0 spiro atoms.